The smallest absolute Gasteiger partial charge is 0.227 e. The molecule has 2 aromatic rings. The van der Waals surface area contributed by atoms with E-state index in [4.69, 9.17) is 9.47 Å². The summed E-state index contributed by atoms with van der Waals surface area (Å²) in [5.74, 6) is 0.601. The molecule has 2 aliphatic rings. The molecule has 2 aliphatic heterocycles. The summed E-state index contributed by atoms with van der Waals surface area (Å²) in [6.07, 6.45) is 4.48. The zero-order valence-corrected chi connectivity index (χ0v) is 15.4. The number of halogens is 1. The Kier molecular flexibility index (Phi) is 5.06. The molecule has 0 unspecified atom stereocenters. The van der Waals surface area contributed by atoms with Crippen molar-refractivity contribution in [1.29, 1.82) is 0 Å². The fraction of sp³-hybridized carbons (Fsp3) is 0.500. The molecule has 1 fully saturated rings. The number of thiophene rings is 1. The van der Waals surface area contributed by atoms with Gasteiger partial charge in [0.25, 0.3) is 0 Å². The number of piperidine rings is 1. The molecule has 0 aliphatic carbocycles. The van der Waals surface area contributed by atoms with Gasteiger partial charge in [0.2, 0.25) is 6.29 Å². The summed E-state index contributed by atoms with van der Waals surface area (Å²) in [4.78, 5) is 2.48. The van der Waals surface area contributed by atoms with Crippen LogP contribution in [0.1, 0.15) is 55.6 Å². The minimum Gasteiger partial charge on any atom is -0.460 e. The minimum atomic E-state index is -0.397. The van der Waals surface area contributed by atoms with Crippen molar-refractivity contribution in [3.63, 3.8) is 0 Å². The molecule has 1 aromatic heterocycles. The van der Waals surface area contributed by atoms with E-state index in [0.717, 1.165) is 42.0 Å². The van der Waals surface area contributed by atoms with Crippen LogP contribution in [-0.2, 0) is 17.9 Å². The van der Waals surface area contributed by atoms with Crippen LogP contribution in [0.4, 0.5) is 4.39 Å². The molecule has 0 saturated carbocycles. The van der Waals surface area contributed by atoms with Crippen LogP contribution in [0.5, 0.6) is 5.75 Å². The summed E-state index contributed by atoms with van der Waals surface area (Å²) in [5, 5.41) is 4.05. The van der Waals surface area contributed by atoms with E-state index in [0.29, 0.717) is 12.6 Å². The number of benzene rings is 1. The first-order chi connectivity index (χ1) is 12.2. The molecule has 4 rings (SSSR count). The fourth-order valence-corrected chi connectivity index (χ4v) is 4.58. The van der Waals surface area contributed by atoms with Gasteiger partial charge >= 0.3 is 0 Å². The highest BCUT2D eigenvalue weighted by molar-refractivity contribution is 7.07. The third kappa shape index (κ3) is 3.59. The Morgan fingerprint density at radius 3 is 3.04 bits per heavy atom. The van der Waals surface area contributed by atoms with Gasteiger partial charge < -0.3 is 9.47 Å². The van der Waals surface area contributed by atoms with Gasteiger partial charge in [0.15, 0.2) is 0 Å². The molecule has 0 bridgehead atoms. The predicted molar refractivity (Wildman–Crippen MR) is 97.2 cm³/mol. The maximum Gasteiger partial charge on any atom is 0.227 e. The summed E-state index contributed by atoms with van der Waals surface area (Å²) in [6, 6.07) is 5.77. The van der Waals surface area contributed by atoms with Gasteiger partial charge in [-0.15, -0.1) is 0 Å². The third-order valence-corrected chi connectivity index (χ3v) is 5.93. The number of rotatable bonds is 4. The van der Waals surface area contributed by atoms with Gasteiger partial charge in [-0.25, -0.2) is 4.39 Å². The molecular formula is C20H24FNO2S. The van der Waals surface area contributed by atoms with Crippen molar-refractivity contribution in [2.24, 2.45) is 0 Å². The lowest BCUT2D eigenvalue weighted by atomic mass is 9.98. The Bertz CT molecular complexity index is 719. The van der Waals surface area contributed by atoms with E-state index >= 15 is 0 Å². The lowest BCUT2D eigenvalue weighted by Crippen LogP contribution is -2.38. The highest BCUT2D eigenvalue weighted by atomic mass is 32.1. The molecule has 5 heteroatoms. The molecule has 1 aromatic carbocycles. The van der Waals surface area contributed by atoms with Crippen molar-refractivity contribution in [1.82, 2.24) is 4.90 Å². The van der Waals surface area contributed by atoms with Gasteiger partial charge in [0, 0.05) is 34.7 Å². The van der Waals surface area contributed by atoms with Crippen LogP contribution >= 0.6 is 11.3 Å². The van der Waals surface area contributed by atoms with Gasteiger partial charge in [-0.3, -0.25) is 4.90 Å². The van der Waals surface area contributed by atoms with Crippen molar-refractivity contribution >= 4 is 11.3 Å². The molecule has 2 atom stereocenters. The number of likely N-dealkylation sites (tertiary alicyclic amines) is 1. The maximum atomic E-state index is 14.1. The van der Waals surface area contributed by atoms with E-state index in [-0.39, 0.29) is 5.82 Å². The maximum absolute atomic E-state index is 14.1. The van der Waals surface area contributed by atoms with Crippen LogP contribution in [0.25, 0.3) is 0 Å². The average molecular weight is 361 g/mol. The predicted octanol–water partition coefficient (Wildman–Crippen LogP) is 5.26. The fourth-order valence-electron chi connectivity index (χ4n) is 3.92. The lowest BCUT2D eigenvalue weighted by molar-refractivity contribution is -0.112. The van der Waals surface area contributed by atoms with E-state index < -0.39 is 6.29 Å². The number of ether oxygens (including phenoxy) is 2. The molecule has 3 nitrogen and oxygen atoms in total. The first-order valence-electron chi connectivity index (χ1n) is 9.10. The van der Waals surface area contributed by atoms with Gasteiger partial charge in [-0.2, -0.15) is 11.3 Å². The summed E-state index contributed by atoms with van der Waals surface area (Å²) < 4.78 is 26.1. The zero-order chi connectivity index (χ0) is 17.2. The van der Waals surface area contributed by atoms with Gasteiger partial charge in [0.05, 0.1) is 6.61 Å². The van der Waals surface area contributed by atoms with E-state index in [1.165, 1.54) is 25.3 Å². The first-order valence-corrected chi connectivity index (χ1v) is 10.0. The quantitative estimate of drug-likeness (QED) is 0.741. The van der Waals surface area contributed by atoms with Gasteiger partial charge in [-0.1, -0.05) is 13.3 Å². The highest BCUT2D eigenvalue weighted by Gasteiger charge is 2.28. The molecular weight excluding hydrogens is 337 g/mol. The second kappa shape index (κ2) is 7.44. The second-order valence-electron chi connectivity index (χ2n) is 6.90. The first kappa shape index (κ1) is 17.0. The van der Waals surface area contributed by atoms with Gasteiger partial charge in [0.1, 0.15) is 11.6 Å². The Labute approximate surface area is 152 Å². The summed E-state index contributed by atoms with van der Waals surface area (Å²) in [6.45, 7) is 4.45. The van der Waals surface area contributed by atoms with E-state index in [2.05, 4.69) is 11.8 Å². The summed E-state index contributed by atoms with van der Waals surface area (Å²) in [5.41, 5.74) is 2.78. The molecule has 134 valence electrons. The van der Waals surface area contributed by atoms with E-state index in [9.17, 15) is 4.39 Å². The van der Waals surface area contributed by atoms with Crippen molar-refractivity contribution in [3.8, 4) is 5.75 Å². The Balaban J connectivity index is 1.61. The number of nitrogens with zero attached hydrogens (tertiary/aromatic N) is 1. The number of hydrogen-bond donors (Lipinski definition) is 0. The molecule has 0 N–H and O–H groups in total. The SMILES string of the molecule is CC[C@H]1CCCCN1Cc1cc(F)cc2c1O[C@@H](c1ccsc1)OC2. The van der Waals surface area contributed by atoms with Crippen molar-refractivity contribution in [2.45, 2.75) is 58.1 Å². The molecule has 0 spiro atoms. The van der Waals surface area contributed by atoms with E-state index in [1.807, 2.05) is 16.8 Å². The van der Waals surface area contributed by atoms with Crippen LogP contribution in [-0.4, -0.2) is 17.5 Å². The molecule has 25 heavy (non-hydrogen) atoms. The second-order valence-corrected chi connectivity index (χ2v) is 7.68. The van der Waals surface area contributed by atoms with Crippen LogP contribution in [0, 0.1) is 5.82 Å². The standard InChI is InChI=1S/C20H24FNO2S/c1-2-18-5-3-4-7-22(18)11-15-9-17(21)10-16-12-23-20(24-19(15)16)14-6-8-25-13-14/h6,8-10,13,18,20H,2-5,7,11-12H2,1H3/t18-,20-/m0/s1. The van der Waals surface area contributed by atoms with Crippen LogP contribution in [0.2, 0.25) is 0 Å². The zero-order valence-electron chi connectivity index (χ0n) is 14.5. The van der Waals surface area contributed by atoms with Crippen molar-refractivity contribution < 1.29 is 13.9 Å². The number of fused-ring (bicyclic) bond motifs is 1. The van der Waals surface area contributed by atoms with Crippen molar-refractivity contribution in [3.05, 3.63) is 51.5 Å². The van der Waals surface area contributed by atoms with E-state index in [1.54, 1.807) is 17.4 Å². The Hall–Kier alpha value is -1.43. The molecule has 0 amide bonds. The molecule has 0 radical (unpaired) electrons. The summed E-state index contributed by atoms with van der Waals surface area (Å²) in [7, 11) is 0. The van der Waals surface area contributed by atoms with Crippen LogP contribution < -0.4 is 4.74 Å². The minimum absolute atomic E-state index is 0.208. The Morgan fingerprint density at radius 2 is 2.24 bits per heavy atom. The highest BCUT2D eigenvalue weighted by Crippen LogP contribution is 2.38. The molecule has 3 heterocycles. The molecule has 1 saturated heterocycles. The Morgan fingerprint density at radius 1 is 1.32 bits per heavy atom. The number of hydrogen-bond acceptors (Lipinski definition) is 4. The third-order valence-electron chi connectivity index (χ3n) is 5.23. The summed E-state index contributed by atoms with van der Waals surface area (Å²) >= 11 is 1.62. The normalized spacial score (nSPS) is 23.9. The topological polar surface area (TPSA) is 21.7 Å². The van der Waals surface area contributed by atoms with Gasteiger partial charge in [-0.05, 0) is 49.4 Å². The average Bonchev–Trinajstić information content (AvgIpc) is 3.16. The lowest BCUT2D eigenvalue weighted by Gasteiger charge is -2.36. The van der Waals surface area contributed by atoms with Crippen LogP contribution in [0.3, 0.4) is 0 Å². The monoisotopic (exact) mass is 361 g/mol. The van der Waals surface area contributed by atoms with Crippen molar-refractivity contribution in [2.75, 3.05) is 6.54 Å². The van der Waals surface area contributed by atoms with Crippen LogP contribution in [0.15, 0.2) is 29.0 Å². The largest absolute Gasteiger partial charge is 0.460 e.